The lowest BCUT2D eigenvalue weighted by Crippen LogP contribution is -2.36. The second kappa shape index (κ2) is 5.16. The molecule has 1 amide bonds. The number of hydrogen-bond acceptors (Lipinski definition) is 4. The van der Waals surface area contributed by atoms with Gasteiger partial charge >= 0.3 is 0 Å². The molecule has 0 atom stereocenters. The van der Waals surface area contributed by atoms with Gasteiger partial charge in [0, 0.05) is 12.7 Å². The van der Waals surface area contributed by atoms with Crippen LogP contribution in [0.3, 0.4) is 0 Å². The number of carbonyl (C=O) groups is 1. The summed E-state index contributed by atoms with van der Waals surface area (Å²) in [6.07, 6.45) is 3.32. The van der Waals surface area contributed by atoms with E-state index in [9.17, 15) is 9.90 Å². The molecule has 0 radical (unpaired) electrons. The summed E-state index contributed by atoms with van der Waals surface area (Å²) in [5.41, 5.74) is 2.76. The van der Waals surface area contributed by atoms with Crippen molar-refractivity contribution in [1.82, 2.24) is 9.97 Å². The molecular weight excluding hydrogens is 266 g/mol. The van der Waals surface area contributed by atoms with Gasteiger partial charge in [-0.15, -0.1) is 0 Å². The van der Waals surface area contributed by atoms with Gasteiger partial charge in [0.25, 0.3) is 5.91 Å². The van der Waals surface area contributed by atoms with E-state index in [1.54, 1.807) is 31.0 Å². The summed E-state index contributed by atoms with van der Waals surface area (Å²) in [6.45, 7) is 4.19. The molecule has 5 nitrogen and oxygen atoms in total. The predicted molar refractivity (Wildman–Crippen MR) is 79.6 cm³/mol. The maximum atomic E-state index is 12.8. The highest BCUT2D eigenvalue weighted by atomic mass is 16.3. The first-order valence-corrected chi connectivity index (χ1v) is 7.01. The average Bonchev–Trinajstić information content (AvgIpc) is 2.46. The molecule has 1 aromatic carbocycles. The van der Waals surface area contributed by atoms with Gasteiger partial charge in [-0.05, 0) is 38.3 Å². The van der Waals surface area contributed by atoms with E-state index in [1.807, 2.05) is 12.1 Å². The van der Waals surface area contributed by atoms with Crippen molar-refractivity contribution in [3.05, 3.63) is 47.0 Å². The van der Waals surface area contributed by atoms with Gasteiger partial charge in [0.15, 0.2) is 0 Å². The van der Waals surface area contributed by atoms with E-state index < -0.39 is 0 Å². The van der Waals surface area contributed by atoms with Gasteiger partial charge in [0.2, 0.25) is 0 Å². The topological polar surface area (TPSA) is 66.3 Å². The molecule has 108 valence electrons. The number of para-hydroxylation sites is 1. The molecule has 2 heterocycles. The van der Waals surface area contributed by atoms with Gasteiger partial charge in [-0.1, -0.05) is 12.1 Å². The Bertz CT molecular complexity index is 713. The number of phenols is 1. The highest BCUT2D eigenvalue weighted by Gasteiger charge is 2.27. The Kier molecular flexibility index (Phi) is 3.33. The zero-order valence-corrected chi connectivity index (χ0v) is 12.1. The standard InChI is InChI=1S/C16H17N3O2/c1-10-13(9-17-11(2)18-10)16(21)19-8-4-6-12-5-3-7-14(20)15(12)19/h3,5,7,9,20H,4,6,8H2,1-2H3. The number of rotatable bonds is 1. The summed E-state index contributed by atoms with van der Waals surface area (Å²) >= 11 is 0. The van der Waals surface area contributed by atoms with Crippen molar-refractivity contribution in [2.24, 2.45) is 0 Å². The highest BCUT2D eigenvalue weighted by Crippen LogP contribution is 2.36. The molecule has 0 unspecified atom stereocenters. The number of carbonyl (C=O) groups excluding carboxylic acids is 1. The van der Waals surface area contributed by atoms with Crippen molar-refractivity contribution in [1.29, 1.82) is 0 Å². The van der Waals surface area contributed by atoms with Crippen molar-refractivity contribution < 1.29 is 9.90 Å². The fraction of sp³-hybridized carbons (Fsp3) is 0.312. The van der Waals surface area contributed by atoms with E-state index in [-0.39, 0.29) is 11.7 Å². The summed E-state index contributed by atoms with van der Waals surface area (Å²) in [4.78, 5) is 22.8. The van der Waals surface area contributed by atoms with Gasteiger partial charge in [-0.25, -0.2) is 9.97 Å². The van der Waals surface area contributed by atoms with Crippen LogP contribution >= 0.6 is 0 Å². The Morgan fingerprint density at radius 2 is 2.14 bits per heavy atom. The van der Waals surface area contributed by atoms with Crippen LogP contribution in [0, 0.1) is 13.8 Å². The fourth-order valence-corrected chi connectivity index (χ4v) is 2.77. The van der Waals surface area contributed by atoms with E-state index in [2.05, 4.69) is 9.97 Å². The van der Waals surface area contributed by atoms with Crippen LogP contribution in [0.1, 0.15) is 33.9 Å². The zero-order chi connectivity index (χ0) is 15.0. The number of anilines is 1. The minimum atomic E-state index is -0.157. The molecule has 5 heteroatoms. The van der Waals surface area contributed by atoms with E-state index in [0.29, 0.717) is 29.3 Å². The zero-order valence-electron chi connectivity index (χ0n) is 12.1. The Hall–Kier alpha value is -2.43. The molecule has 1 N–H and O–H groups in total. The Morgan fingerprint density at radius 1 is 1.33 bits per heavy atom. The first-order valence-electron chi connectivity index (χ1n) is 7.01. The molecule has 2 aromatic rings. The second-order valence-corrected chi connectivity index (χ2v) is 5.26. The quantitative estimate of drug-likeness (QED) is 0.872. The molecule has 1 aliphatic heterocycles. The minimum Gasteiger partial charge on any atom is -0.506 e. The van der Waals surface area contributed by atoms with E-state index in [4.69, 9.17) is 0 Å². The Labute approximate surface area is 123 Å². The molecular formula is C16H17N3O2. The van der Waals surface area contributed by atoms with Gasteiger partial charge in [-0.3, -0.25) is 4.79 Å². The molecule has 0 saturated carbocycles. The molecule has 3 rings (SSSR count). The van der Waals surface area contributed by atoms with Crippen molar-refractivity contribution in [3.63, 3.8) is 0 Å². The van der Waals surface area contributed by atoms with Crippen LogP contribution in [0.5, 0.6) is 5.75 Å². The lowest BCUT2D eigenvalue weighted by Gasteiger charge is -2.30. The number of hydrogen-bond donors (Lipinski definition) is 1. The first-order chi connectivity index (χ1) is 10.1. The van der Waals surface area contributed by atoms with Crippen LogP contribution < -0.4 is 4.90 Å². The summed E-state index contributed by atoms with van der Waals surface area (Å²) in [5, 5.41) is 10.1. The molecule has 21 heavy (non-hydrogen) atoms. The van der Waals surface area contributed by atoms with Crippen LogP contribution in [0.25, 0.3) is 0 Å². The van der Waals surface area contributed by atoms with Crippen LogP contribution in [0.15, 0.2) is 24.4 Å². The normalized spacial score (nSPS) is 13.9. The van der Waals surface area contributed by atoms with Gasteiger partial charge in [0.05, 0.1) is 16.9 Å². The van der Waals surface area contributed by atoms with Crippen LogP contribution in [0.2, 0.25) is 0 Å². The van der Waals surface area contributed by atoms with Gasteiger partial charge in [0.1, 0.15) is 11.6 Å². The van der Waals surface area contributed by atoms with E-state index >= 15 is 0 Å². The Morgan fingerprint density at radius 3 is 2.90 bits per heavy atom. The molecule has 0 saturated heterocycles. The number of nitrogens with zero attached hydrogens (tertiary/aromatic N) is 3. The number of aryl methyl sites for hydroxylation is 3. The maximum absolute atomic E-state index is 12.8. The van der Waals surface area contributed by atoms with E-state index in [1.165, 1.54) is 0 Å². The van der Waals surface area contributed by atoms with Crippen molar-refractivity contribution in [3.8, 4) is 5.75 Å². The number of phenolic OH excluding ortho intramolecular Hbond substituents is 1. The predicted octanol–water partition coefficient (Wildman–Crippen LogP) is 2.39. The summed E-state index contributed by atoms with van der Waals surface area (Å²) in [6, 6.07) is 5.37. The Balaban J connectivity index is 2.04. The van der Waals surface area contributed by atoms with Crippen molar-refractivity contribution >= 4 is 11.6 Å². The maximum Gasteiger partial charge on any atom is 0.261 e. The smallest absolute Gasteiger partial charge is 0.261 e. The van der Waals surface area contributed by atoms with Crippen molar-refractivity contribution in [2.75, 3.05) is 11.4 Å². The molecule has 1 aromatic heterocycles. The van der Waals surface area contributed by atoms with Crippen LogP contribution in [-0.2, 0) is 6.42 Å². The molecule has 0 bridgehead atoms. The summed E-state index contributed by atoms with van der Waals surface area (Å²) < 4.78 is 0. The average molecular weight is 283 g/mol. The summed E-state index contributed by atoms with van der Waals surface area (Å²) in [5.74, 6) is 0.632. The van der Waals surface area contributed by atoms with Gasteiger partial charge < -0.3 is 10.0 Å². The molecule has 0 spiro atoms. The lowest BCUT2D eigenvalue weighted by molar-refractivity contribution is 0.0983. The monoisotopic (exact) mass is 283 g/mol. The van der Waals surface area contributed by atoms with E-state index in [0.717, 1.165) is 18.4 Å². The third-order valence-electron chi connectivity index (χ3n) is 3.77. The third-order valence-corrected chi connectivity index (χ3v) is 3.77. The molecule has 0 aliphatic carbocycles. The number of benzene rings is 1. The first kappa shape index (κ1) is 13.5. The molecule has 0 fully saturated rings. The number of aromatic nitrogens is 2. The molecule has 1 aliphatic rings. The number of fused-ring (bicyclic) bond motifs is 1. The third kappa shape index (κ3) is 2.35. The largest absolute Gasteiger partial charge is 0.506 e. The van der Waals surface area contributed by atoms with Gasteiger partial charge in [-0.2, -0.15) is 0 Å². The SMILES string of the molecule is Cc1ncc(C(=O)N2CCCc3cccc(O)c32)c(C)n1. The van der Waals surface area contributed by atoms with Crippen LogP contribution in [0.4, 0.5) is 5.69 Å². The van der Waals surface area contributed by atoms with Crippen LogP contribution in [-0.4, -0.2) is 27.5 Å². The van der Waals surface area contributed by atoms with Crippen molar-refractivity contribution in [2.45, 2.75) is 26.7 Å². The highest BCUT2D eigenvalue weighted by molar-refractivity contribution is 6.08. The number of amides is 1. The lowest BCUT2D eigenvalue weighted by atomic mass is 10.00. The minimum absolute atomic E-state index is 0.145. The fourth-order valence-electron chi connectivity index (χ4n) is 2.77. The number of aromatic hydroxyl groups is 1. The second-order valence-electron chi connectivity index (χ2n) is 5.26. The summed E-state index contributed by atoms with van der Waals surface area (Å²) in [7, 11) is 0.